The SMILES string of the molecule is Cc1nc(Cl)nc(Nc2ccc(C(F)(F)F)cc2)n1. The van der Waals surface area contributed by atoms with Crippen molar-refractivity contribution in [3.05, 3.63) is 40.9 Å². The average Bonchev–Trinajstić information content (AvgIpc) is 2.26. The average molecular weight is 289 g/mol. The van der Waals surface area contributed by atoms with Gasteiger partial charge < -0.3 is 5.32 Å². The van der Waals surface area contributed by atoms with Gasteiger partial charge in [-0.05, 0) is 42.8 Å². The minimum atomic E-state index is -4.36. The van der Waals surface area contributed by atoms with Crippen molar-refractivity contribution < 1.29 is 13.2 Å². The van der Waals surface area contributed by atoms with Crippen LogP contribution in [0.4, 0.5) is 24.8 Å². The summed E-state index contributed by atoms with van der Waals surface area (Å²) in [6, 6.07) is 4.52. The Kier molecular flexibility index (Phi) is 3.57. The lowest BCUT2D eigenvalue weighted by molar-refractivity contribution is -0.137. The number of hydrogen-bond donors (Lipinski definition) is 1. The molecule has 0 spiro atoms. The van der Waals surface area contributed by atoms with Gasteiger partial charge in [0.1, 0.15) is 5.82 Å². The van der Waals surface area contributed by atoms with Gasteiger partial charge in [-0.15, -0.1) is 0 Å². The van der Waals surface area contributed by atoms with Crippen LogP contribution in [0.3, 0.4) is 0 Å². The molecule has 8 heteroatoms. The first-order valence-corrected chi connectivity index (χ1v) is 5.55. The van der Waals surface area contributed by atoms with Crippen LogP contribution in [0.25, 0.3) is 0 Å². The number of anilines is 2. The highest BCUT2D eigenvalue weighted by Gasteiger charge is 2.29. The van der Waals surface area contributed by atoms with Crippen molar-refractivity contribution in [3.8, 4) is 0 Å². The molecule has 0 unspecified atom stereocenters. The Labute approximate surface area is 111 Å². The fraction of sp³-hybridized carbons (Fsp3) is 0.182. The third-order valence-corrected chi connectivity index (χ3v) is 2.36. The molecule has 0 radical (unpaired) electrons. The van der Waals surface area contributed by atoms with E-state index >= 15 is 0 Å². The Morgan fingerprint density at radius 1 is 1.05 bits per heavy atom. The van der Waals surface area contributed by atoms with Crippen LogP contribution >= 0.6 is 11.6 Å². The summed E-state index contributed by atoms with van der Waals surface area (Å²) in [5.74, 6) is 0.590. The van der Waals surface area contributed by atoms with Gasteiger partial charge in [0, 0.05) is 5.69 Å². The highest BCUT2D eigenvalue weighted by atomic mass is 35.5. The molecule has 1 aromatic carbocycles. The fourth-order valence-electron chi connectivity index (χ4n) is 1.38. The Morgan fingerprint density at radius 2 is 1.68 bits per heavy atom. The van der Waals surface area contributed by atoms with Crippen molar-refractivity contribution in [1.82, 2.24) is 15.0 Å². The van der Waals surface area contributed by atoms with E-state index in [0.717, 1.165) is 12.1 Å². The van der Waals surface area contributed by atoms with Gasteiger partial charge in [0.05, 0.1) is 5.56 Å². The van der Waals surface area contributed by atoms with E-state index in [9.17, 15) is 13.2 Å². The largest absolute Gasteiger partial charge is 0.416 e. The monoisotopic (exact) mass is 288 g/mol. The summed E-state index contributed by atoms with van der Waals surface area (Å²) in [4.78, 5) is 11.5. The molecule has 1 aromatic heterocycles. The lowest BCUT2D eigenvalue weighted by Gasteiger charge is -2.08. The van der Waals surface area contributed by atoms with E-state index in [1.807, 2.05) is 0 Å². The smallest absolute Gasteiger partial charge is 0.324 e. The number of aryl methyl sites for hydroxylation is 1. The molecule has 0 atom stereocenters. The molecule has 4 nitrogen and oxygen atoms in total. The van der Waals surface area contributed by atoms with Crippen LogP contribution in [0.1, 0.15) is 11.4 Å². The van der Waals surface area contributed by atoms with E-state index in [-0.39, 0.29) is 11.2 Å². The Balaban J connectivity index is 2.20. The molecule has 2 rings (SSSR count). The third-order valence-electron chi connectivity index (χ3n) is 2.19. The standard InChI is InChI=1S/C11H8ClF3N4/c1-6-16-9(12)19-10(17-6)18-8-4-2-7(3-5-8)11(13,14)15/h2-5H,1H3,(H,16,17,18,19). The number of hydrogen-bond acceptors (Lipinski definition) is 4. The molecular formula is C11H8ClF3N4. The Hall–Kier alpha value is -1.89. The van der Waals surface area contributed by atoms with Gasteiger partial charge >= 0.3 is 6.18 Å². The zero-order valence-corrected chi connectivity index (χ0v) is 10.4. The topological polar surface area (TPSA) is 50.7 Å². The summed E-state index contributed by atoms with van der Waals surface area (Å²) < 4.78 is 37.1. The van der Waals surface area contributed by atoms with Crippen molar-refractivity contribution in [3.63, 3.8) is 0 Å². The fourth-order valence-corrected chi connectivity index (χ4v) is 1.58. The molecule has 0 bridgehead atoms. The van der Waals surface area contributed by atoms with Crippen LogP contribution in [-0.4, -0.2) is 15.0 Å². The second kappa shape index (κ2) is 5.00. The Bertz CT molecular complexity index is 563. The van der Waals surface area contributed by atoms with E-state index in [4.69, 9.17) is 11.6 Å². The highest BCUT2D eigenvalue weighted by molar-refractivity contribution is 6.28. The second-order valence-electron chi connectivity index (χ2n) is 3.68. The van der Waals surface area contributed by atoms with Crippen LogP contribution < -0.4 is 5.32 Å². The number of halogens is 4. The molecule has 19 heavy (non-hydrogen) atoms. The lowest BCUT2D eigenvalue weighted by Crippen LogP contribution is -2.05. The zero-order chi connectivity index (χ0) is 14.0. The lowest BCUT2D eigenvalue weighted by atomic mass is 10.2. The minimum absolute atomic E-state index is 0.0157. The van der Waals surface area contributed by atoms with Gasteiger partial charge in [0.25, 0.3) is 0 Å². The van der Waals surface area contributed by atoms with Crippen LogP contribution in [0.15, 0.2) is 24.3 Å². The van der Waals surface area contributed by atoms with Crippen LogP contribution in [0, 0.1) is 6.92 Å². The van der Waals surface area contributed by atoms with Crippen molar-refractivity contribution >= 4 is 23.2 Å². The third kappa shape index (κ3) is 3.54. The van der Waals surface area contributed by atoms with Gasteiger partial charge in [0.15, 0.2) is 0 Å². The maximum atomic E-state index is 12.4. The highest BCUT2D eigenvalue weighted by Crippen LogP contribution is 2.30. The van der Waals surface area contributed by atoms with Gasteiger partial charge in [-0.1, -0.05) is 0 Å². The van der Waals surface area contributed by atoms with Crippen LogP contribution in [0.5, 0.6) is 0 Å². The predicted molar refractivity (Wildman–Crippen MR) is 64.3 cm³/mol. The predicted octanol–water partition coefficient (Wildman–Crippen LogP) is 3.60. The van der Waals surface area contributed by atoms with Gasteiger partial charge in [-0.2, -0.15) is 23.1 Å². The molecule has 1 N–H and O–H groups in total. The molecule has 0 aliphatic carbocycles. The van der Waals surface area contributed by atoms with Crippen molar-refractivity contribution in [2.75, 3.05) is 5.32 Å². The number of rotatable bonds is 2. The van der Waals surface area contributed by atoms with Crippen LogP contribution in [0.2, 0.25) is 5.28 Å². The molecule has 0 fully saturated rings. The normalized spacial score (nSPS) is 11.4. The van der Waals surface area contributed by atoms with E-state index in [0.29, 0.717) is 11.5 Å². The van der Waals surface area contributed by atoms with Gasteiger partial charge in [-0.3, -0.25) is 0 Å². The summed E-state index contributed by atoms with van der Waals surface area (Å²) in [6.45, 7) is 1.63. The van der Waals surface area contributed by atoms with Crippen molar-refractivity contribution in [2.45, 2.75) is 13.1 Å². The summed E-state index contributed by atoms with van der Waals surface area (Å²) in [5, 5.41) is 2.77. The molecule has 1 heterocycles. The van der Waals surface area contributed by atoms with Crippen molar-refractivity contribution in [1.29, 1.82) is 0 Å². The molecule has 0 amide bonds. The molecule has 0 aliphatic heterocycles. The van der Waals surface area contributed by atoms with E-state index in [1.54, 1.807) is 6.92 Å². The summed E-state index contributed by atoms with van der Waals surface area (Å²) >= 11 is 5.65. The maximum Gasteiger partial charge on any atom is 0.416 e. The zero-order valence-electron chi connectivity index (χ0n) is 9.66. The van der Waals surface area contributed by atoms with Crippen LogP contribution in [-0.2, 0) is 6.18 Å². The molecule has 2 aromatic rings. The van der Waals surface area contributed by atoms with Gasteiger partial charge in [0.2, 0.25) is 11.2 Å². The second-order valence-corrected chi connectivity index (χ2v) is 4.01. The molecular weight excluding hydrogens is 281 g/mol. The first kappa shape index (κ1) is 13.5. The van der Waals surface area contributed by atoms with Crippen molar-refractivity contribution in [2.24, 2.45) is 0 Å². The van der Waals surface area contributed by atoms with E-state index < -0.39 is 11.7 Å². The van der Waals surface area contributed by atoms with Gasteiger partial charge in [-0.25, -0.2) is 4.98 Å². The van der Waals surface area contributed by atoms with E-state index in [1.165, 1.54) is 12.1 Å². The first-order chi connectivity index (χ1) is 8.84. The number of alkyl halides is 3. The maximum absolute atomic E-state index is 12.4. The summed E-state index contributed by atoms with van der Waals surface area (Å²) in [5.41, 5.74) is -0.294. The number of nitrogens with zero attached hydrogens (tertiary/aromatic N) is 3. The summed E-state index contributed by atoms with van der Waals surface area (Å²) in [6.07, 6.45) is -4.36. The number of nitrogens with one attached hydrogen (secondary N) is 1. The quantitative estimate of drug-likeness (QED) is 0.917. The summed E-state index contributed by atoms with van der Waals surface area (Å²) in [7, 11) is 0. The minimum Gasteiger partial charge on any atom is -0.324 e. The number of aromatic nitrogens is 3. The molecule has 0 saturated carbocycles. The van der Waals surface area contributed by atoms with E-state index in [2.05, 4.69) is 20.3 Å². The molecule has 0 saturated heterocycles. The number of benzene rings is 1. The molecule has 0 aliphatic rings. The molecule has 100 valence electrons. The Morgan fingerprint density at radius 3 is 2.21 bits per heavy atom. The first-order valence-electron chi connectivity index (χ1n) is 5.17.